The smallest absolute Gasteiger partial charge is 0.150 e. The molecular formula is C15H19ClN2. The molecular weight excluding hydrogens is 244 g/mol. The minimum atomic E-state index is 0.476. The van der Waals surface area contributed by atoms with Crippen LogP contribution in [-0.2, 0) is 0 Å². The van der Waals surface area contributed by atoms with Gasteiger partial charge in [-0.2, -0.15) is 0 Å². The summed E-state index contributed by atoms with van der Waals surface area (Å²) in [6.45, 7) is 9.88. The second-order valence-corrected chi connectivity index (χ2v) is 4.21. The topological polar surface area (TPSA) is 25.8 Å². The average molecular weight is 263 g/mol. The predicted molar refractivity (Wildman–Crippen MR) is 78.0 cm³/mol. The quantitative estimate of drug-likeness (QED) is 0.741. The number of rotatable bonds is 1. The number of aromatic nitrogens is 2. The van der Waals surface area contributed by atoms with E-state index >= 15 is 0 Å². The zero-order valence-electron chi connectivity index (χ0n) is 11.6. The van der Waals surface area contributed by atoms with Crippen LogP contribution in [-0.4, -0.2) is 9.97 Å². The SMILES string of the molecule is CC.Cc1ccccc1-c1nc(Cl)c(C)nc1C. The molecule has 0 aliphatic carbocycles. The summed E-state index contributed by atoms with van der Waals surface area (Å²) in [5.41, 5.74) is 4.83. The standard InChI is InChI=1S/C13H13ClN2.C2H6/c1-8-6-4-5-7-11(8)12-9(2)15-10(3)13(14)16-12;1-2/h4-7H,1-3H3;1-2H3. The van der Waals surface area contributed by atoms with Crippen molar-refractivity contribution in [3.05, 3.63) is 46.4 Å². The van der Waals surface area contributed by atoms with Gasteiger partial charge in [0.25, 0.3) is 0 Å². The summed E-state index contributed by atoms with van der Waals surface area (Å²) >= 11 is 6.01. The van der Waals surface area contributed by atoms with Crippen molar-refractivity contribution >= 4 is 11.6 Å². The zero-order chi connectivity index (χ0) is 13.7. The van der Waals surface area contributed by atoms with E-state index in [4.69, 9.17) is 11.6 Å². The van der Waals surface area contributed by atoms with Gasteiger partial charge in [0.15, 0.2) is 5.15 Å². The average Bonchev–Trinajstić information content (AvgIpc) is 2.37. The number of benzene rings is 1. The van der Waals surface area contributed by atoms with E-state index in [1.54, 1.807) is 0 Å². The summed E-state index contributed by atoms with van der Waals surface area (Å²) in [4.78, 5) is 8.80. The van der Waals surface area contributed by atoms with Gasteiger partial charge in [-0.25, -0.2) is 4.98 Å². The number of halogens is 1. The molecule has 0 bridgehead atoms. The van der Waals surface area contributed by atoms with Crippen molar-refractivity contribution in [1.82, 2.24) is 9.97 Å². The fraction of sp³-hybridized carbons (Fsp3) is 0.333. The Labute approximate surface area is 114 Å². The van der Waals surface area contributed by atoms with Crippen molar-refractivity contribution in [3.63, 3.8) is 0 Å². The van der Waals surface area contributed by atoms with Crippen molar-refractivity contribution < 1.29 is 0 Å². The molecule has 0 fully saturated rings. The second kappa shape index (κ2) is 6.50. The molecule has 0 radical (unpaired) electrons. The first-order chi connectivity index (χ1) is 8.59. The molecule has 1 aromatic heterocycles. The lowest BCUT2D eigenvalue weighted by molar-refractivity contribution is 1.06. The van der Waals surface area contributed by atoms with Crippen molar-refractivity contribution in [2.45, 2.75) is 34.6 Å². The maximum Gasteiger partial charge on any atom is 0.150 e. The Morgan fingerprint density at radius 1 is 0.889 bits per heavy atom. The van der Waals surface area contributed by atoms with E-state index in [0.29, 0.717) is 5.15 Å². The molecule has 2 rings (SSSR count). The fourth-order valence-corrected chi connectivity index (χ4v) is 1.83. The maximum absolute atomic E-state index is 6.01. The Bertz CT molecular complexity index is 536. The third kappa shape index (κ3) is 3.08. The first-order valence-electron chi connectivity index (χ1n) is 6.16. The molecule has 0 amide bonds. The molecule has 0 saturated heterocycles. The monoisotopic (exact) mass is 262 g/mol. The van der Waals surface area contributed by atoms with Crippen LogP contribution in [0.25, 0.3) is 11.3 Å². The molecule has 3 heteroatoms. The van der Waals surface area contributed by atoms with E-state index in [9.17, 15) is 0 Å². The van der Waals surface area contributed by atoms with Crippen molar-refractivity contribution in [3.8, 4) is 11.3 Å². The van der Waals surface area contributed by atoms with Crippen LogP contribution in [0.5, 0.6) is 0 Å². The summed E-state index contributed by atoms with van der Waals surface area (Å²) in [6, 6.07) is 8.11. The lowest BCUT2D eigenvalue weighted by Gasteiger charge is -2.09. The van der Waals surface area contributed by atoms with Gasteiger partial charge in [-0.1, -0.05) is 49.7 Å². The molecule has 0 atom stereocenters. The van der Waals surface area contributed by atoms with Gasteiger partial charge >= 0.3 is 0 Å². The lowest BCUT2D eigenvalue weighted by Crippen LogP contribution is -1.97. The van der Waals surface area contributed by atoms with Crippen molar-refractivity contribution in [1.29, 1.82) is 0 Å². The highest BCUT2D eigenvalue weighted by atomic mass is 35.5. The van der Waals surface area contributed by atoms with E-state index in [1.807, 2.05) is 45.9 Å². The van der Waals surface area contributed by atoms with Gasteiger partial charge in [-0.05, 0) is 26.3 Å². The summed E-state index contributed by atoms with van der Waals surface area (Å²) in [7, 11) is 0. The van der Waals surface area contributed by atoms with Gasteiger partial charge in [0.1, 0.15) is 0 Å². The molecule has 1 aromatic carbocycles. The summed E-state index contributed by atoms with van der Waals surface area (Å²) in [5, 5.41) is 0.476. The largest absolute Gasteiger partial charge is 0.253 e. The zero-order valence-corrected chi connectivity index (χ0v) is 12.3. The summed E-state index contributed by atoms with van der Waals surface area (Å²) < 4.78 is 0. The van der Waals surface area contributed by atoms with Gasteiger partial charge in [0, 0.05) is 5.56 Å². The number of hydrogen-bond donors (Lipinski definition) is 0. The van der Waals surface area contributed by atoms with Crippen LogP contribution in [0.3, 0.4) is 0 Å². The fourth-order valence-electron chi connectivity index (χ4n) is 1.70. The van der Waals surface area contributed by atoms with Crippen LogP contribution in [0.2, 0.25) is 5.15 Å². The normalized spacial score (nSPS) is 9.67. The Morgan fingerprint density at radius 2 is 1.50 bits per heavy atom. The second-order valence-electron chi connectivity index (χ2n) is 3.85. The van der Waals surface area contributed by atoms with E-state index < -0.39 is 0 Å². The summed E-state index contributed by atoms with van der Waals surface area (Å²) in [6.07, 6.45) is 0. The first-order valence-corrected chi connectivity index (χ1v) is 6.54. The molecule has 0 aliphatic heterocycles. The Kier molecular flexibility index (Phi) is 5.29. The van der Waals surface area contributed by atoms with Crippen LogP contribution in [0.4, 0.5) is 0 Å². The van der Waals surface area contributed by atoms with Crippen LogP contribution < -0.4 is 0 Å². The number of aryl methyl sites for hydroxylation is 3. The van der Waals surface area contributed by atoms with Crippen molar-refractivity contribution in [2.24, 2.45) is 0 Å². The molecule has 0 spiro atoms. The number of hydrogen-bond acceptors (Lipinski definition) is 2. The lowest BCUT2D eigenvalue weighted by atomic mass is 10.0. The van der Waals surface area contributed by atoms with Gasteiger partial charge < -0.3 is 0 Å². The first kappa shape index (κ1) is 14.7. The minimum absolute atomic E-state index is 0.476. The van der Waals surface area contributed by atoms with E-state index in [1.165, 1.54) is 5.56 Å². The maximum atomic E-state index is 6.01. The molecule has 0 aliphatic rings. The third-order valence-electron chi connectivity index (χ3n) is 2.59. The molecule has 18 heavy (non-hydrogen) atoms. The molecule has 96 valence electrons. The highest BCUT2D eigenvalue weighted by Crippen LogP contribution is 2.25. The van der Waals surface area contributed by atoms with Gasteiger partial charge in [-0.15, -0.1) is 0 Å². The molecule has 2 aromatic rings. The van der Waals surface area contributed by atoms with Crippen LogP contribution in [0, 0.1) is 20.8 Å². The highest BCUT2D eigenvalue weighted by molar-refractivity contribution is 6.30. The van der Waals surface area contributed by atoms with E-state index in [-0.39, 0.29) is 0 Å². The van der Waals surface area contributed by atoms with E-state index in [2.05, 4.69) is 23.0 Å². The van der Waals surface area contributed by atoms with Crippen molar-refractivity contribution in [2.75, 3.05) is 0 Å². The number of nitrogens with zero attached hydrogens (tertiary/aromatic N) is 2. The molecule has 1 heterocycles. The third-order valence-corrected chi connectivity index (χ3v) is 2.94. The molecule has 0 saturated carbocycles. The van der Waals surface area contributed by atoms with Gasteiger partial charge in [0.05, 0.1) is 17.1 Å². The molecule has 0 unspecified atom stereocenters. The summed E-state index contributed by atoms with van der Waals surface area (Å²) in [5.74, 6) is 0. The molecule has 0 N–H and O–H groups in total. The Balaban J connectivity index is 0.000000771. The Hall–Kier alpha value is -1.41. The highest BCUT2D eigenvalue weighted by Gasteiger charge is 2.10. The van der Waals surface area contributed by atoms with Gasteiger partial charge in [0.2, 0.25) is 0 Å². The predicted octanol–water partition coefficient (Wildman–Crippen LogP) is 4.75. The van der Waals surface area contributed by atoms with Crippen LogP contribution >= 0.6 is 11.6 Å². The van der Waals surface area contributed by atoms with E-state index in [0.717, 1.165) is 22.6 Å². The Morgan fingerprint density at radius 3 is 2.11 bits per heavy atom. The van der Waals surface area contributed by atoms with Crippen LogP contribution in [0.1, 0.15) is 30.8 Å². The van der Waals surface area contributed by atoms with Gasteiger partial charge in [-0.3, -0.25) is 4.98 Å². The van der Waals surface area contributed by atoms with Crippen LogP contribution in [0.15, 0.2) is 24.3 Å². The minimum Gasteiger partial charge on any atom is -0.253 e. The molecule has 2 nitrogen and oxygen atoms in total.